The van der Waals surface area contributed by atoms with E-state index in [0.717, 1.165) is 35.6 Å². The predicted molar refractivity (Wildman–Crippen MR) is 108 cm³/mol. The van der Waals surface area contributed by atoms with Crippen molar-refractivity contribution in [2.45, 2.75) is 25.8 Å². The summed E-state index contributed by atoms with van der Waals surface area (Å²) in [6, 6.07) is 16.0. The first-order chi connectivity index (χ1) is 12.8. The molecule has 1 aliphatic heterocycles. The van der Waals surface area contributed by atoms with Gasteiger partial charge in [-0.15, -0.1) is 0 Å². The van der Waals surface area contributed by atoms with E-state index in [0.29, 0.717) is 5.02 Å². The number of hydrogen-bond acceptors (Lipinski definition) is 2. The van der Waals surface area contributed by atoms with Crippen molar-refractivity contribution in [3.63, 3.8) is 0 Å². The Morgan fingerprint density at radius 3 is 2.65 bits per heavy atom. The Labute approximate surface area is 159 Å². The Kier molecular flexibility index (Phi) is 5.32. The van der Waals surface area contributed by atoms with Crippen molar-refractivity contribution in [3.05, 3.63) is 59.1 Å². The number of aromatic nitrogens is 2. The van der Waals surface area contributed by atoms with Gasteiger partial charge in [0.1, 0.15) is 0 Å². The maximum absolute atomic E-state index is 6.25. The summed E-state index contributed by atoms with van der Waals surface area (Å²) in [6.45, 7) is 4.62. The van der Waals surface area contributed by atoms with Crippen LogP contribution in [0.3, 0.4) is 0 Å². The van der Waals surface area contributed by atoms with Crippen LogP contribution in [0.1, 0.15) is 24.8 Å². The molecule has 1 aromatic heterocycles. The maximum atomic E-state index is 6.25. The van der Waals surface area contributed by atoms with E-state index in [1.165, 1.54) is 32.4 Å². The van der Waals surface area contributed by atoms with Crippen molar-refractivity contribution >= 4 is 34.8 Å². The molecule has 4 rings (SSSR count). The van der Waals surface area contributed by atoms with Crippen LogP contribution in [0.4, 0.5) is 5.95 Å². The molecule has 0 unspecified atom stereocenters. The topological polar surface area (TPSA) is 34.6 Å². The molecular weight excluding hydrogens is 344 g/mol. The van der Waals surface area contributed by atoms with Crippen molar-refractivity contribution in [2.75, 3.05) is 19.6 Å². The molecule has 0 spiro atoms. The number of halogens is 1. The highest BCUT2D eigenvalue weighted by Gasteiger charge is 2.16. The average Bonchev–Trinajstić information content (AvgIpc) is 3.04. The molecule has 0 atom stereocenters. The molecule has 0 radical (unpaired) electrons. The number of aliphatic imine (C=N–C) groups is 1. The Morgan fingerprint density at radius 2 is 1.81 bits per heavy atom. The molecule has 1 N–H and O–H groups in total. The lowest BCUT2D eigenvalue weighted by atomic mass is 10.1. The van der Waals surface area contributed by atoms with Crippen LogP contribution >= 0.6 is 11.6 Å². The number of imidazole rings is 1. The third kappa shape index (κ3) is 3.81. The summed E-state index contributed by atoms with van der Waals surface area (Å²) in [4.78, 5) is 11.1. The van der Waals surface area contributed by atoms with Gasteiger partial charge in [-0.25, -0.2) is 9.98 Å². The second-order valence-corrected chi connectivity index (χ2v) is 7.30. The summed E-state index contributed by atoms with van der Waals surface area (Å²) >= 11 is 6.25. The van der Waals surface area contributed by atoms with E-state index in [9.17, 15) is 0 Å². The largest absolute Gasteiger partial charge is 0.333 e. The van der Waals surface area contributed by atoms with Crippen LogP contribution in [-0.2, 0) is 6.54 Å². The van der Waals surface area contributed by atoms with Gasteiger partial charge in [-0.3, -0.25) is 0 Å². The third-order valence-electron chi connectivity index (χ3n) is 5.11. The molecule has 2 aromatic carbocycles. The molecule has 1 saturated heterocycles. The van der Waals surface area contributed by atoms with E-state index in [4.69, 9.17) is 16.6 Å². The summed E-state index contributed by atoms with van der Waals surface area (Å²) in [5.74, 6) is 0.752. The number of hydrogen-bond donors (Lipinski definition) is 1. The van der Waals surface area contributed by atoms with Crippen LogP contribution in [0, 0.1) is 0 Å². The Balaban J connectivity index is 1.62. The van der Waals surface area contributed by atoms with Gasteiger partial charge in [0.05, 0.1) is 37.2 Å². The lowest BCUT2D eigenvalue weighted by Crippen LogP contribution is -3.13. The van der Waals surface area contributed by atoms with Crippen LogP contribution < -0.4 is 4.90 Å². The number of quaternary nitrogens is 1. The van der Waals surface area contributed by atoms with Gasteiger partial charge in [0.2, 0.25) is 5.95 Å². The normalized spacial score (nSPS) is 15.9. The highest BCUT2D eigenvalue weighted by atomic mass is 35.5. The summed E-state index contributed by atoms with van der Waals surface area (Å²) < 4.78 is 2.24. The quantitative estimate of drug-likeness (QED) is 0.688. The molecule has 0 aliphatic carbocycles. The fourth-order valence-corrected chi connectivity index (χ4v) is 3.85. The van der Waals surface area contributed by atoms with E-state index in [2.05, 4.69) is 21.7 Å². The lowest BCUT2D eigenvalue weighted by Gasteiger charge is -2.23. The molecule has 5 heteroatoms. The standard InChI is InChI=1S/C21H23ClN4/c22-18-9-3-2-8-17(18)16-23-21-24-19-10-4-5-11-20(19)26(21)15-14-25-12-6-1-7-13-25/h2-5,8-11,16H,1,6-7,12-15H2/p+1. The molecule has 2 heterocycles. The monoisotopic (exact) mass is 367 g/mol. The van der Waals surface area contributed by atoms with Gasteiger partial charge in [0.25, 0.3) is 0 Å². The Hall–Kier alpha value is -2.17. The molecule has 0 saturated carbocycles. The van der Waals surface area contributed by atoms with Crippen LogP contribution in [0.25, 0.3) is 11.0 Å². The number of rotatable bonds is 5. The first-order valence-corrected chi connectivity index (χ1v) is 9.76. The van der Waals surface area contributed by atoms with Gasteiger partial charge in [-0.2, -0.15) is 0 Å². The van der Waals surface area contributed by atoms with Crippen LogP contribution in [-0.4, -0.2) is 35.4 Å². The van der Waals surface area contributed by atoms with Crippen molar-refractivity contribution in [1.82, 2.24) is 9.55 Å². The zero-order valence-corrected chi connectivity index (χ0v) is 15.6. The molecule has 4 nitrogen and oxygen atoms in total. The number of para-hydroxylation sites is 2. The molecule has 1 aliphatic rings. The molecule has 0 bridgehead atoms. The minimum atomic E-state index is 0.705. The Morgan fingerprint density at radius 1 is 1.04 bits per heavy atom. The first kappa shape index (κ1) is 17.3. The van der Waals surface area contributed by atoms with E-state index >= 15 is 0 Å². The van der Waals surface area contributed by atoms with E-state index in [-0.39, 0.29) is 0 Å². The van der Waals surface area contributed by atoms with E-state index < -0.39 is 0 Å². The van der Waals surface area contributed by atoms with Crippen LogP contribution in [0.2, 0.25) is 5.02 Å². The van der Waals surface area contributed by atoms with Gasteiger partial charge in [-0.05, 0) is 37.5 Å². The minimum Gasteiger partial charge on any atom is -0.333 e. The SMILES string of the molecule is Clc1ccccc1C=Nc1nc2ccccc2n1CC[NH+]1CCCCC1. The van der Waals surface area contributed by atoms with Crippen LogP contribution in [0.5, 0.6) is 0 Å². The first-order valence-electron chi connectivity index (χ1n) is 9.39. The third-order valence-corrected chi connectivity index (χ3v) is 5.45. The second kappa shape index (κ2) is 8.02. The highest BCUT2D eigenvalue weighted by molar-refractivity contribution is 6.33. The fraction of sp³-hybridized carbons (Fsp3) is 0.333. The van der Waals surface area contributed by atoms with Crippen LogP contribution in [0.15, 0.2) is 53.5 Å². The van der Waals surface area contributed by atoms with Gasteiger partial charge in [0.15, 0.2) is 0 Å². The number of nitrogens with one attached hydrogen (secondary N) is 1. The zero-order chi connectivity index (χ0) is 17.8. The van der Waals surface area contributed by atoms with Gasteiger partial charge >= 0.3 is 0 Å². The summed E-state index contributed by atoms with van der Waals surface area (Å²) in [7, 11) is 0. The molecule has 1 fully saturated rings. The Bertz CT molecular complexity index is 909. The summed E-state index contributed by atoms with van der Waals surface area (Å²) in [5.41, 5.74) is 3.05. The van der Waals surface area contributed by atoms with E-state index in [1.807, 2.05) is 42.6 Å². The maximum Gasteiger partial charge on any atom is 0.230 e. The molecular formula is C21H24ClN4+. The lowest BCUT2D eigenvalue weighted by molar-refractivity contribution is -0.905. The van der Waals surface area contributed by atoms with Gasteiger partial charge in [-0.1, -0.05) is 41.9 Å². The number of benzene rings is 2. The van der Waals surface area contributed by atoms with Gasteiger partial charge in [0, 0.05) is 16.8 Å². The second-order valence-electron chi connectivity index (χ2n) is 6.89. The fourth-order valence-electron chi connectivity index (χ4n) is 3.66. The minimum absolute atomic E-state index is 0.705. The number of fused-ring (bicyclic) bond motifs is 1. The molecule has 134 valence electrons. The predicted octanol–water partition coefficient (Wildman–Crippen LogP) is 3.51. The van der Waals surface area contributed by atoms with Crippen molar-refractivity contribution in [3.8, 4) is 0 Å². The number of piperidine rings is 1. The average molecular weight is 368 g/mol. The van der Waals surface area contributed by atoms with E-state index in [1.54, 1.807) is 4.90 Å². The summed E-state index contributed by atoms with van der Waals surface area (Å²) in [6.07, 6.45) is 5.88. The molecule has 26 heavy (non-hydrogen) atoms. The van der Waals surface area contributed by atoms with Crippen molar-refractivity contribution in [1.29, 1.82) is 0 Å². The smallest absolute Gasteiger partial charge is 0.230 e. The highest BCUT2D eigenvalue weighted by Crippen LogP contribution is 2.22. The zero-order valence-electron chi connectivity index (χ0n) is 14.9. The number of likely N-dealkylation sites (tertiary alicyclic amines) is 1. The van der Waals surface area contributed by atoms with Crippen molar-refractivity contribution in [2.24, 2.45) is 4.99 Å². The van der Waals surface area contributed by atoms with Crippen molar-refractivity contribution < 1.29 is 4.90 Å². The molecule has 3 aromatic rings. The summed E-state index contributed by atoms with van der Waals surface area (Å²) in [5, 5.41) is 0.705. The number of nitrogens with zero attached hydrogens (tertiary/aromatic N) is 3. The van der Waals surface area contributed by atoms with Gasteiger partial charge < -0.3 is 9.47 Å². The molecule has 0 amide bonds.